The van der Waals surface area contributed by atoms with E-state index < -0.39 is 0 Å². The summed E-state index contributed by atoms with van der Waals surface area (Å²) in [6.45, 7) is 5.32. The topological polar surface area (TPSA) is 87.3 Å². The number of aromatic amines is 1. The van der Waals surface area contributed by atoms with Crippen LogP contribution in [-0.2, 0) is 16.1 Å². The molecule has 0 saturated carbocycles. The molecule has 1 atom stereocenters. The van der Waals surface area contributed by atoms with Crippen LogP contribution in [0.2, 0.25) is 0 Å². The van der Waals surface area contributed by atoms with E-state index in [-0.39, 0.29) is 23.9 Å². The van der Waals surface area contributed by atoms with Crippen LogP contribution in [0.1, 0.15) is 24.4 Å². The van der Waals surface area contributed by atoms with E-state index in [1.807, 2.05) is 0 Å². The molecule has 22 heavy (non-hydrogen) atoms. The van der Waals surface area contributed by atoms with Crippen molar-refractivity contribution in [2.75, 3.05) is 33.4 Å². The molecule has 0 spiro atoms. The van der Waals surface area contributed by atoms with Crippen molar-refractivity contribution in [3.05, 3.63) is 27.9 Å². The van der Waals surface area contributed by atoms with E-state index in [4.69, 9.17) is 4.74 Å². The van der Waals surface area contributed by atoms with Gasteiger partial charge in [-0.1, -0.05) is 0 Å². The number of carbonyl (C=O) groups is 1. The molecule has 1 saturated heterocycles. The lowest BCUT2D eigenvalue weighted by Gasteiger charge is -2.31. The molecule has 7 nitrogen and oxygen atoms in total. The highest BCUT2D eigenvalue weighted by Crippen LogP contribution is 2.16. The largest absolute Gasteiger partial charge is 0.383 e. The van der Waals surface area contributed by atoms with Crippen molar-refractivity contribution in [2.24, 2.45) is 5.92 Å². The fourth-order valence-corrected chi connectivity index (χ4v) is 2.73. The summed E-state index contributed by atoms with van der Waals surface area (Å²) in [5, 5.41) is 2.87. The number of carbonyl (C=O) groups excluding carboxylic acids is 1. The average molecular weight is 308 g/mol. The number of piperidine rings is 1. The highest BCUT2D eigenvalue weighted by Gasteiger charge is 2.25. The number of nitrogens with zero attached hydrogens (tertiary/aromatic N) is 2. The van der Waals surface area contributed by atoms with Gasteiger partial charge in [0, 0.05) is 32.0 Å². The fraction of sp³-hybridized carbons (Fsp3) is 0.667. The van der Waals surface area contributed by atoms with Crippen molar-refractivity contribution < 1.29 is 9.53 Å². The van der Waals surface area contributed by atoms with Crippen molar-refractivity contribution in [3.63, 3.8) is 0 Å². The van der Waals surface area contributed by atoms with E-state index >= 15 is 0 Å². The van der Waals surface area contributed by atoms with E-state index in [0.29, 0.717) is 18.1 Å². The molecule has 1 fully saturated rings. The molecule has 1 amide bonds. The fourth-order valence-electron chi connectivity index (χ4n) is 2.73. The Labute approximate surface area is 130 Å². The number of ether oxygens (including phenoxy) is 1. The molecular weight excluding hydrogens is 284 g/mol. The van der Waals surface area contributed by atoms with Gasteiger partial charge in [-0.25, -0.2) is 4.98 Å². The zero-order chi connectivity index (χ0) is 15.9. The third kappa shape index (κ3) is 4.92. The molecule has 2 N–H and O–H groups in total. The van der Waals surface area contributed by atoms with Gasteiger partial charge in [0.25, 0.3) is 5.56 Å². The van der Waals surface area contributed by atoms with Gasteiger partial charge >= 0.3 is 0 Å². The Morgan fingerprint density at radius 2 is 2.41 bits per heavy atom. The van der Waals surface area contributed by atoms with Gasteiger partial charge in [0.2, 0.25) is 5.91 Å². The molecule has 0 radical (unpaired) electrons. The molecule has 1 aliphatic heterocycles. The second-order valence-electron chi connectivity index (χ2n) is 5.68. The van der Waals surface area contributed by atoms with Gasteiger partial charge in [0.15, 0.2) is 0 Å². The number of likely N-dealkylation sites (tertiary alicyclic amines) is 1. The van der Waals surface area contributed by atoms with Gasteiger partial charge in [0.05, 0.1) is 19.1 Å². The first kappa shape index (κ1) is 16.6. The first-order valence-corrected chi connectivity index (χ1v) is 7.64. The van der Waals surface area contributed by atoms with E-state index in [0.717, 1.165) is 32.5 Å². The van der Waals surface area contributed by atoms with Gasteiger partial charge < -0.3 is 19.9 Å². The third-order valence-electron chi connectivity index (χ3n) is 3.84. The minimum atomic E-state index is -0.194. The van der Waals surface area contributed by atoms with Gasteiger partial charge in [-0.3, -0.25) is 9.59 Å². The van der Waals surface area contributed by atoms with Crippen LogP contribution >= 0.6 is 0 Å². The summed E-state index contributed by atoms with van der Waals surface area (Å²) < 4.78 is 5.08. The Morgan fingerprint density at radius 3 is 3.14 bits per heavy atom. The van der Waals surface area contributed by atoms with Gasteiger partial charge in [-0.05, 0) is 26.3 Å². The minimum Gasteiger partial charge on any atom is -0.383 e. The normalized spacial score (nSPS) is 19.1. The molecule has 1 aromatic heterocycles. The van der Waals surface area contributed by atoms with Crippen LogP contribution in [0.4, 0.5) is 0 Å². The molecular formula is C15H24N4O3. The van der Waals surface area contributed by atoms with Crippen molar-refractivity contribution in [1.29, 1.82) is 0 Å². The lowest BCUT2D eigenvalue weighted by atomic mass is 9.97. The van der Waals surface area contributed by atoms with Gasteiger partial charge in [-0.2, -0.15) is 0 Å². The van der Waals surface area contributed by atoms with Gasteiger partial charge in [0.1, 0.15) is 5.82 Å². The van der Waals surface area contributed by atoms with Gasteiger partial charge in [-0.15, -0.1) is 0 Å². The second kappa shape index (κ2) is 8.05. The standard InChI is InChI=1S/C15H24N4O3/c1-11-8-14(20)18-13(17-11)9-16-15(21)12-4-3-5-19(10-12)6-7-22-2/h8,12H,3-7,9-10H2,1-2H3,(H,16,21)(H,17,18,20)/t12-/m0/s1. The molecule has 7 heteroatoms. The van der Waals surface area contributed by atoms with Crippen LogP contribution in [0.25, 0.3) is 0 Å². The maximum absolute atomic E-state index is 12.3. The monoisotopic (exact) mass is 308 g/mol. The Hall–Kier alpha value is -1.73. The van der Waals surface area contributed by atoms with Crippen LogP contribution in [0.5, 0.6) is 0 Å². The van der Waals surface area contributed by atoms with E-state index in [2.05, 4.69) is 20.2 Å². The molecule has 2 rings (SSSR count). The quantitative estimate of drug-likeness (QED) is 0.775. The Bertz CT molecular complexity index is 558. The summed E-state index contributed by atoms with van der Waals surface area (Å²) >= 11 is 0. The first-order chi connectivity index (χ1) is 10.6. The summed E-state index contributed by atoms with van der Waals surface area (Å²) in [6.07, 6.45) is 1.91. The maximum atomic E-state index is 12.3. The zero-order valence-electron chi connectivity index (χ0n) is 13.2. The number of hydrogen-bond donors (Lipinski definition) is 2. The lowest BCUT2D eigenvalue weighted by Crippen LogP contribution is -2.44. The number of aryl methyl sites for hydroxylation is 1. The van der Waals surface area contributed by atoms with E-state index in [1.54, 1.807) is 14.0 Å². The lowest BCUT2D eigenvalue weighted by molar-refractivity contribution is -0.127. The number of hydrogen-bond acceptors (Lipinski definition) is 5. The number of aromatic nitrogens is 2. The highest BCUT2D eigenvalue weighted by atomic mass is 16.5. The smallest absolute Gasteiger partial charge is 0.251 e. The maximum Gasteiger partial charge on any atom is 0.251 e. The van der Waals surface area contributed by atoms with E-state index in [1.165, 1.54) is 6.07 Å². The molecule has 2 heterocycles. The zero-order valence-corrected chi connectivity index (χ0v) is 13.2. The molecule has 0 aromatic carbocycles. The Kier molecular flexibility index (Phi) is 6.09. The Morgan fingerprint density at radius 1 is 1.59 bits per heavy atom. The molecule has 0 aliphatic carbocycles. The van der Waals surface area contributed by atoms with Crippen molar-refractivity contribution in [2.45, 2.75) is 26.3 Å². The number of rotatable bonds is 6. The van der Waals surface area contributed by atoms with Crippen LogP contribution in [0, 0.1) is 12.8 Å². The summed E-state index contributed by atoms with van der Waals surface area (Å²) in [4.78, 5) is 32.7. The third-order valence-corrected chi connectivity index (χ3v) is 3.84. The average Bonchev–Trinajstić information content (AvgIpc) is 2.50. The second-order valence-corrected chi connectivity index (χ2v) is 5.68. The number of nitrogens with one attached hydrogen (secondary N) is 2. The molecule has 1 aromatic rings. The Balaban J connectivity index is 1.84. The first-order valence-electron chi connectivity index (χ1n) is 7.64. The van der Waals surface area contributed by atoms with Crippen LogP contribution < -0.4 is 10.9 Å². The molecule has 1 aliphatic rings. The molecule has 122 valence electrons. The van der Waals surface area contributed by atoms with E-state index in [9.17, 15) is 9.59 Å². The number of H-pyrrole nitrogens is 1. The summed E-state index contributed by atoms with van der Waals surface area (Å²) in [6, 6.07) is 1.43. The summed E-state index contributed by atoms with van der Waals surface area (Å²) in [5.74, 6) is 0.499. The van der Waals surface area contributed by atoms with Crippen molar-refractivity contribution in [3.8, 4) is 0 Å². The highest BCUT2D eigenvalue weighted by molar-refractivity contribution is 5.78. The number of amides is 1. The van der Waals surface area contributed by atoms with Crippen molar-refractivity contribution in [1.82, 2.24) is 20.2 Å². The molecule has 0 unspecified atom stereocenters. The predicted molar refractivity (Wildman–Crippen MR) is 82.5 cm³/mol. The predicted octanol–water partition coefficient (Wildman–Crippen LogP) is 0.0529. The minimum absolute atomic E-state index is 0.0119. The van der Waals surface area contributed by atoms with Crippen LogP contribution in [0.15, 0.2) is 10.9 Å². The van der Waals surface area contributed by atoms with Crippen molar-refractivity contribution >= 4 is 5.91 Å². The summed E-state index contributed by atoms with van der Waals surface area (Å²) in [5.41, 5.74) is 0.455. The summed E-state index contributed by atoms with van der Waals surface area (Å²) in [7, 11) is 1.68. The van der Waals surface area contributed by atoms with Crippen LogP contribution in [0.3, 0.4) is 0 Å². The SMILES string of the molecule is COCCN1CCC[C@H](C(=O)NCc2nc(C)cc(=O)[nH]2)C1. The van der Waals surface area contributed by atoms with Crippen LogP contribution in [-0.4, -0.2) is 54.1 Å². The molecule has 0 bridgehead atoms. The number of methoxy groups -OCH3 is 1.